The predicted octanol–water partition coefficient (Wildman–Crippen LogP) is 3.96. The van der Waals surface area contributed by atoms with Crippen LogP contribution in [0.4, 0.5) is 0 Å². The first-order valence-corrected chi connectivity index (χ1v) is 6.03. The van der Waals surface area contributed by atoms with Crippen LogP contribution in [0.2, 0.25) is 0 Å². The maximum atomic E-state index is 11.1. The van der Waals surface area contributed by atoms with E-state index in [-0.39, 0.29) is 5.24 Å². The highest BCUT2D eigenvalue weighted by Gasteiger charge is 2.07. The van der Waals surface area contributed by atoms with Crippen molar-refractivity contribution < 1.29 is 4.79 Å². The summed E-state index contributed by atoms with van der Waals surface area (Å²) in [6.45, 7) is 2.15. The zero-order chi connectivity index (χ0) is 10.4. The van der Waals surface area contributed by atoms with Crippen LogP contribution in [0.1, 0.15) is 30.1 Å². The van der Waals surface area contributed by atoms with Crippen molar-refractivity contribution in [1.29, 1.82) is 0 Å². The Morgan fingerprint density at radius 3 is 2.79 bits per heavy atom. The van der Waals surface area contributed by atoms with Gasteiger partial charge in [0.15, 0.2) is 0 Å². The first-order chi connectivity index (χ1) is 6.75. The van der Waals surface area contributed by atoms with Crippen molar-refractivity contribution in [2.45, 2.75) is 24.7 Å². The van der Waals surface area contributed by atoms with E-state index in [1.165, 1.54) is 6.42 Å². The standard InChI is InChI=1S/C11H13ClOS/c1-2-3-8-14-10-7-5-4-6-9(10)11(12)13/h4-7H,2-3,8H2,1H3. The molecule has 0 atom stereocenters. The van der Waals surface area contributed by atoms with Crippen molar-refractivity contribution in [2.75, 3.05) is 5.75 Å². The summed E-state index contributed by atoms with van der Waals surface area (Å²) in [7, 11) is 0. The highest BCUT2D eigenvalue weighted by molar-refractivity contribution is 7.99. The van der Waals surface area contributed by atoms with E-state index in [1.54, 1.807) is 17.8 Å². The largest absolute Gasteiger partial charge is 0.276 e. The van der Waals surface area contributed by atoms with E-state index >= 15 is 0 Å². The highest BCUT2D eigenvalue weighted by Crippen LogP contribution is 2.24. The third-order valence-electron chi connectivity index (χ3n) is 1.85. The minimum atomic E-state index is -0.371. The lowest BCUT2D eigenvalue weighted by Gasteiger charge is -2.04. The Labute approximate surface area is 93.8 Å². The van der Waals surface area contributed by atoms with Crippen molar-refractivity contribution in [3.05, 3.63) is 29.8 Å². The van der Waals surface area contributed by atoms with Crippen LogP contribution in [0.3, 0.4) is 0 Å². The number of thioether (sulfide) groups is 1. The van der Waals surface area contributed by atoms with Gasteiger partial charge in [-0.15, -0.1) is 11.8 Å². The molecule has 0 aromatic heterocycles. The van der Waals surface area contributed by atoms with E-state index in [0.717, 1.165) is 17.1 Å². The van der Waals surface area contributed by atoms with Crippen LogP contribution < -0.4 is 0 Å². The summed E-state index contributed by atoms with van der Waals surface area (Å²) in [5, 5.41) is -0.371. The van der Waals surface area contributed by atoms with Crippen LogP contribution in [-0.2, 0) is 0 Å². The van der Waals surface area contributed by atoms with Crippen LogP contribution in [0.25, 0.3) is 0 Å². The van der Waals surface area contributed by atoms with Crippen LogP contribution >= 0.6 is 23.4 Å². The summed E-state index contributed by atoms with van der Waals surface area (Å²) < 4.78 is 0. The van der Waals surface area contributed by atoms with Gasteiger partial charge < -0.3 is 0 Å². The second-order valence-corrected chi connectivity index (χ2v) is 4.45. The molecule has 3 heteroatoms. The van der Waals surface area contributed by atoms with E-state index in [0.29, 0.717) is 5.56 Å². The molecule has 0 radical (unpaired) electrons. The van der Waals surface area contributed by atoms with Gasteiger partial charge >= 0.3 is 0 Å². The normalized spacial score (nSPS) is 10.1. The number of rotatable bonds is 5. The number of hydrogen-bond acceptors (Lipinski definition) is 2. The smallest absolute Gasteiger partial charge is 0.253 e. The number of carbonyl (C=O) groups is 1. The maximum absolute atomic E-state index is 11.1. The summed E-state index contributed by atoms with van der Waals surface area (Å²) >= 11 is 7.16. The lowest BCUT2D eigenvalue weighted by molar-refractivity contribution is 0.107. The first-order valence-electron chi connectivity index (χ1n) is 4.67. The first kappa shape index (κ1) is 11.6. The van der Waals surface area contributed by atoms with Crippen molar-refractivity contribution in [2.24, 2.45) is 0 Å². The molecule has 0 heterocycles. The molecule has 0 amide bonds. The Kier molecular flexibility index (Phi) is 5.05. The number of carbonyl (C=O) groups excluding carboxylic acids is 1. The minimum Gasteiger partial charge on any atom is -0.276 e. The Bertz CT molecular complexity index is 312. The van der Waals surface area contributed by atoms with Crippen LogP contribution in [-0.4, -0.2) is 11.0 Å². The molecule has 0 fully saturated rings. The second-order valence-electron chi connectivity index (χ2n) is 2.97. The number of halogens is 1. The van der Waals surface area contributed by atoms with Crippen molar-refractivity contribution in [3.63, 3.8) is 0 Å². The Hall–Kier alpha value is -0.470. The van der Waals surface area contributed by atoms with Crippen molar-refractivity contribution >= 4 is 28.6 Å². The Balaban J connectivity index is 2.69. The van der Waals surface area contributed by atoms with Gasteiger partial charge in [-0.2, -0.15) is 0 Å². The number of hydrogen-bond donors (Lipinski definition) is 0. The topological polar surface area (TPSA) is 17.1 Å². The molecule has 0 aliphatic heterocycles. The van der Waals surface area contributed by atoms with Gasteiger partial charge in [-0.3, -0.25) is 4.79 Å². The van der Waals surface area contributed by atoms with E-state index < -0.39 is 0 Å². The summed E-state index contributed by atoms with van der Waals surface area (Å²) in [5.41, 5.74) is 0.621. The van der Waals surface area contributed by atoms with E-state index in [1.807, 2.05) is 18.2 Å². The van der Waals surface area contributed by atoms with E-state index in [2.05, 4.69) is 6.92 Å². The molecule has 0 unspecified atom stereocenters. The van der Waals surface area contributed by atoms with Gasteiger partial charge in [0, 0.05) is 10.5 Å². The summed E-state index contributed by atoms with van der Waals surface area (Å²) in [6.07, 6.45) is 2.33. The average molecular weight is 229 g/mol. The Morgan fingerprint density at radius 2 is 2.14 bits per heavy atom. The quantitative estimate of drug-likeness (QED) is 0.431. The van der Waals surface area contributed by atoms with Gasteiger partial charge in [-0.05, 0) is 35.9 Å². The third kappa shape index (κ3) is 3.35. The molecule has 0 aliphatic rings. The second kappa shape index (κ2) is 6.10. The molecule has 1 aromatic rings. The molecular weight excluding hydrogens is 216 g/mol. The fourth-order valence-corrected chi connectivity index (χ4v) is 2.45. The van der Waals surface area contributed by atoms with Gasteiger partial charge in [0.1, 0.15) is 0 Å². The lowest BCUT2D eigenvalue weighted by Crippen LogP contribution is -1.92. The zero-order valence-corrected chi connectivity index (χ0v) is 9.70. The van der Waals surface area contributed by atoms with Crippen molar-refractivity contribution in [3.8, 4) is 0 Å². The molecule has 0 spiro atoms. The van der Waals surface area contributed by atoms with Gasteiger partial charge in [-0.25, -0.2) is 0 Å². The molecule has 0 aliphatic carbocycles. The maximum Gasteiger partial charge on any atom is 0.253 e. The summed E-state index contributed by atoms with van der Waals surface area (Å²) in [6, 6.07) is 7.47. The average Bonchev–Trinajstić information content (AvgIpc) is 2.19. The minimum absolute atomic E-state index is 0.371. The molecule has 0 saturated heterocycles. The molecular formula is C11H13ClOS. The molecule has 14 heavy (non-hydrogen) atoms. The van der Waals surface area contributed by atoms with E-state index in [9.17, 15) is 4.79 Å². The van der Waals surface area contributed by atoms with Gasteiger partial charge in [0.2, 0.25) is 0 Å². The van der Waals surface area contributed by atoms with E-state index in [4.69, 9.17) is 11.6 Å². The molecule has 0 saturated carbocycles. The molecule has 76 valence electrons. The molecule has 0 N–H and O–H groups in total. The Morgan fingerprint density at radius 1 is 1.43 bits per heavy atom. The van der Waals surface area contributed by atoms with Crippen LogP contribution in [0, 0.1) is 0 Å². The predicted molar refractivity (Wildman–Crippen MR) is 62.3 cm³/mol. The van der Waals surface area contributed by atoms with Crippen LogP contribution in [0.5, 0.6) is 0 Å². The van der Waals surface area contributed by atoms with Gasteiger partial charge in [0.25, 0.3) is 5.24 Å². The molecule has 1 aromatic carbocycles. The molecule has 1 nitrogen and oxygen atoms in total. The fourth-order valence-electron chi connectivity index (χ4n) is 1.08. The fraction of sp³-hybridized carbons (Fsp3) is 0.364. The van der Waals surface area contributed by atoms with Crippen molar-refractivity contribution in [1.82, 2.24) is 0 Å². The number of unbranched alkanes of at least 4 members (excludes halogenated alkanes) is 1. The van der Waals surface area contributed by atoms with Gasteiger partial charge in [0.05, 0.1) is 0 Å². The monoisotopic (exact) mass is 228 g/mol. The highest BCUT2D eigenvalue weighted by atomic mass is 35.5. The summed E-state index contributed by atoms with van der Waals surface area (Å²) in [5.74, 6) is 1.04. The SMILES string of the molecule is CCCCSc1ccccc1C(=O)Cl. The molecule has 0 bridgehead atoms. The van der Waals surface area contributed by atoms with Crippen LogP contribution in [0.15, 0.2) is 29.2 Å². The summed E-state index contributed by atoms with van der Waals surface area (Å²) in [4.78, 5) is 12.0. The third-order valence-corrected chi connectivity index (χ3v) is 3.22. The molecule has 1 rings (SSSR count). The number of benzene rings is 1. The zero-order valence-electron chi connectivity index (χ0n) is 8.13. The lowest BCUT2D eigenvalue weighted by atomic mass is 10.2. The van der Waals surface area contributed by atoms with Gasteiger partial charge in [-0.1, -0.05) is 25.5 Å².